The van der Waals surface area contributed by atoms with Gasteiger partial charge in [-0.3, -0.25) is 19.3 Å². The monoisotopic (exact) mass is 588 g/mol. The van der Waals surface area contributed by atoms with Crippen LogP contribution < -0.4 is 10.2 Å². The summed E-state index contributed by atoms with van der Waals surface area (Å²) < 4.78 is 43.8. The zero-order chi connectivity index (χ0) is 27.5. The fraction of sp³-hybridized carbons (Fsp3) is 0.360. The largest absolute Gasteiger partial charge is 0.452 e. The molecule has 2 aliphatic carbocycles. The number of hydrogen-bond acceptors (Lipinski definition) is 5. The highest BCUT2D eigenvalue weighted by Gasteiger charge is 2.67. The highest BCUT2D eigenvalue weighted by atomic mass is 35.5. The molecule has 2 aromatic carbocycles. The number of carbonyl (C=O) groups is 4. The molecule has 2 saturated carbocycles. The lowest BCUT2D eigenvalue weighted by Crippen LogP contribution is -2.37. The van der Waals surface area contributed by atoms with Gasteiger partial charge < -0.3 is 10.1 Å². The summed E-state index contributed by atoms with van der Waals surface area (Å²) >= 11 is 18.6. The van der Waals surface area contributed by atoms with Gasteiger partial charge in [-0.2, -0.15) is 13.2 Å². The number of esters is 1. The molecule has 13 heteroatoms. The number of amides is 3. The number of carbonyl (C=O) groups excluding carboxylic acids is 4. The van der Waals surface area contributed by atoms with Crippen molar-refractivity contribution in [2.24, 2.45) is 23.7 Å². The van der Waals surface area contributed by atoms with Gasteiger partial charge in [0.2, 0.25) is 11.8 Å². The number of benzene rings is 2. The zero-order valence-electron chi connectivity index (χ0n) is 19.2. The Bertz CT molecular complexity index is 1320. The van der Waals surface area contributed by atoms with Gasteiger partial charge in [-0.25, -0.2) is 4.79 Å². The zero-order valence-corrected chi connectivity index (χ0v) is 21.4. The van der Waals surface area contributed by atoms with E-state index in [0.29, 0.717) is 12.5 Å². The van der Waals surface area contributed by atoms with Crippen molar-refractivity contribution in [3.63, 3.8) is 0 Å². The van der Waals surface area contributed by atoms with Crippen LogP contribution >= 0.6 is 34.8 Å². The third-order valence-corrected chi connectivity index (χ3v) is 8.88. The molecule has 0 spiro atoms. The molecule has 0 aromatic heterocycles. The first kappa shape index (κ1) is 26.8. The summed E-state index contributed by atoms with van der Waals surface area (Å²) in [5.41, 5.74) is -1.19. The van der Waals surface area contributed by atoms with E-state index in [1.54, 1.807) is 0 Å². The topological polar surface area (TPSA) is 92.8 Å². The number of nitrogens with one attached hydrogen (secondary N) is 1. The number of nitrogens with zero attached hydrogens (tertiary/aromatic N) is 1. The maximum absolute atomic E-state index is 13.2. The van der Waals surface area contributed by atoms with E-state index < -0.39 is 64.6 Å². The summed E-state index contributed by atoms with van der Waals surface area (Å²) in [4.78, 5) is 52.2. The molecular weight excluding hydrogens is 572 g/mol. The van der Waals surface area contributed by atoms with E-state index >= 15 is 0 Å². The Labute approximate surface area is 229 Å². The Morgan fingerprint density at radius 3 is 2.24 bits per heavy atom. The van der Waals surface area contributed by atoms with E-state index in [9.17, 15) is 32.3 Å². The minimum atomic E-state index is -4.64. The summed E-state index contributed by atoms with van der Waals surface area (Å²) in [5, 5.41) is 1.23. The van der Waals surface area contributed by atoms with E-state index in [1.165, 1.54) is 24.3 Å². The SMILES string of the molecule is O=C(COC(=O)c1cccc(N2C(=O)[C@@H]3[C@H]4C[C@@H]([C@H](Cl)[C@H]4Cl)[C@H]3C2=O)c1)Nc1cc(C(F)(F)F)ccc1Cl. The highest BCUT2D eigenvalue weighted by molar-refractivity contribution is 6.34. The summed E-state index contributed by atoms with van der Waals surface area (Å²) in [7, 11) is 0. The molecule has 3 aliphatic rings. The smallest absolute Gasteiger partial charge is 0.416 e. The second kappa shape index (κ2) is 9.73. The summed E-state index contributed by atoms with van der Waals surface area (Å²) in [6.07, 6.45) is -4.03. The lowest BCUT2D eigenvalue weighted by molar-refractivity contribution is -0.137. The third-order valence-electron chi connectivity index (χ3n) is 7.23. The Balaban J connectivity index is 1.25. The van der Waals surface area contributed by atoms with Crippen LogP contribution in [0.25, 0.3) is 0 Å². The lowest BCUT2D eigenvalue weighted by atomic mass is 9.80. The number of fused-ring (bicyclic) bond motifs is 5. The van der Waals surface area contributed by atoms with Crippen molar-refractivity contribution in [2.45, 2.75) is 23.4 Å². The average molecular weight is 590 g/mol. The van der Waals surface area contributed by atoms with Gasteiger partial charge in [0.15, 0.2) is 6.61 Å². The van der Waals surface area contributed by atoms with Crippen molar-refractivity contribution in [3.8, 4) is 0 Å². The molecule has 1 saturated heterocycles. The Morgan fingerprint density at radius 2 is 1.63 bits per heavy atom. The third kappa shape index (κ3) is 4.52. The summed E-state index contributed by atoms with van der Waals surface area (Å²) in [5.74, 6) is -4.19. The maximum atomic E-state index is 13.2. The van der Waals surface area contributed by atoms with Gasteiger partial charge in [0.05, 0.1) is 50.1 Å². The van der Waals surface area contributed by atoms with Crippen molar-refractivity contribution in [1.82, 2.24) is 0 Å². The number of hydrogen-bond donors (Lipinski definition) is 1. The second-order valence-corrected chi connectivity index (χ2v) is 10.8. The number of alkyl halides is 5. The number of ether oxygens (including phenoxy) is 1. The molecule has 38 heavy (non-hydrogen) atoms. The van der Waals surface area contributed by atoms with Crippen LogP contribution in [0.4, 0.5) is 24.5 Å². The van der Waals surface area contributed by atoms with Gasteiger partial charge in [-0.15, -0.1) is 23.2 Å². The predicted molar refractivity (Wildman–Crippen MR) is 132 cm³/mol. The quantitative estimate of drug-likeness (QED) is 0.297. The van der Waals surface area contributed by atoms with Crippen LogP contribution in [0.2, 0.25) is 5.02 Å². The Morgan fingerprint density at radius 1 is 1.00 bits per heavy atom. The van der Waals surface area contributed by atoms with Gasteiger partial charge >= 0.3 is 12.1 Å². The summed E-state index contributed by atoms with van der Waals surface area (Å²) in [6, 6.07) is 8.02. The van der Waals surface area contributed by atoms with E-state index in [2.05, 4.69) is 5.32 Å². The van der Waals surface area contributed by atoms with Crippen LogP contribution in [0, 0.1) is 23.7 Å². The molecule has 1 heterocycles. The molecular formula is C25H18Cl3F3N2O5. The second-order valence-electron chi connectivity index (χ2n) is 9.38. The standard InChI is InChI=1S/C25H18Cl3F3N2O5/c26-15-5-4-11(25(29,30)31)7-16(15)32-17(34)9-38-24(37)10-2-1-3-12(6-10)33-22(35)18-13-8-14(19(18)23(33)36)21(28)20(13)27/h1-7,13-14,18-21H,8-9H2,(H,32,34)/t13-,14-,18-,19-,20+,21+/m1/s1. The molecule has 7 nitrogen and oxygen atoms in total. The number of anilines is 2. The number of rotatable bonds is 5. The number of imide groups is 1. The molecule has 0 radical (unpaired) electrons. The maximum Gasteiger partial charge on any atom is 0.416 e. The van der Waals surface area contributed by atoms with Crippen LogP contribution in [0.1, 0.15) is 22.3 Å². The first-order chi connectivity index (χ1) is 17.9. The predicted octanol–water partition coefficient (Wildman–Crippen LogP) is 5.12. The van der Waals surface area contributed by atoms with Crippen molar-refractivity contribution in [3.05, 3.63) is 58.6 Å². The van der Waals surface area contributed by atoms with Crippen LogP contribution in [0.5, 0.6) is 0 Å². The molecule has 6 atom stereocenters. The fourth-order valence-corrected chi connectivity index (χ4v) is 6.63. The van der Waals surface area contributed by atoms with Gasteiger partial charge in [-0.1, -0.05) is 17.7 Å². The lowest BCUT2D eigenvalue weighted by Gasteiger charge is -2.28. The van der Waals surface area contributed by atoms with E-state index in [0.717, 1.165) is 17.0 Å². The van der Waals surface area contributed by atoms with Crippen molar-refractivity contribution >= 4 is 69.9 Å². The Kier molecular flexibility index (Phi) is 6.86. The van der Waals surface area contributed by atoms with Gasteiger partial charge in [0.1, 0.15) is 0 Å². The van der Waals surface area contributed by atoms with Crippen LogP contribution in [0.15, 0.2) is 42.5 Å². The van der Waals surface area contributed by atoms with Crippen LogP contribution in [-0.2, 0) is 25.3 Å². The number of halogens is 6. The molecule has 2 aromatic rings. The van der Waals surface area contributed by atoms with Gasteiger partial charge in [0, 0.05) is 0 Å². The average Bonchev–Trinajstić information content (AvgIpc) is 3.48. The molecule has 1 aliphatic heterocycles. The highest BCUT2D eigenvalue weighted by Crippen LogP contribution is 2.59. The minimum Gasteiger partial charge on any atom is -0.452 e. The van der Waals surface area contributed by atoms with Crippen molar-refractivity contribution in [2.75, 3.05) is 16.8 Å². The fourth-order valence-electron chi connectivity index (χ4n) is 5.57. The van der Waals surface area contributed by atoms with E-state index in [-0.39, 0.29) is 33.8 Å². The normalized spacial score (nSPS) is 28.0. The molecule has 0 unspecified atom stereocenters. The van der Waals surface area contributed by atoms with Crippen molar-refractivity contribution in [1.29, 1.82) is 0 Å². The molecule has 5 rings (SSSR count). The molecule has 3 amide bonds. The Hall–Kier alpha value is -2.82. The van der Waals surface area contributed by atoms with E-state index in [1.807, 2.05) is 0 Å². The van der Waals surface area contributed by atoms with E-state index in [4.69, 9.17) is 39.5 Å². The summed E-state index contributed by atoms with van der Waals surface area (Å²) in [6.45, 7) is -0.820. The first-order valence-electron chi connectivity index (χ1n) is 11.5. The van der Waals surface area contributed by atoms with Crippen LogP contribution in [-0.4, -0.2) is 41.1 Å². The molecule has 200 valence electrons. The van der Waals surface area contributed by atoms with Gasteiger partial charge in [-0.05, 0) is 54.7 Å². The molecule has 3 fully saturated rings. The van der Waals surface area contributed by atoms with Gasteiger partial charge in [0.25, 0.3) is 5.91 Å². The van der Waals surface area contributed by atoms with Crippen LogP contribution in [0.3, 0.4) is 0 Å². The van der Waals surface area contributed by atoms with Crippen molar-refractivity contribution < 1.29 is 37.1 Å². The molecule has 2 bridgehead atoms. The minimum absolute atomic E-state index is 0.0431. The first-order valence-corrected chi connectivity index (χ1v) is 12.7. The molecule has 1 N–H and O–H groups in total.